The summed E-state index contributed by atoms with van der Waals surface area (Å²) in [7, 11) is 0. The Morgan fingerprint density at radius 3 is 2.52 bits per heavy atom. The maximum atomic E-state index is 13.3. The van der Waals surface area contributed by atoms with E-state index in [9.17, 15) is 4.79 Å². The van der Waals surface area contributed by atoms with Gasteiger partial charge in [-0.25, -0.2) is 0 Å². The summed E-state index contributed by atoms with van der Waals surface area (Å²) in [5.41, 5.74) is 3.36. The molecule has 4 nitrogen and oxygen atoms in total. The Hall–Kier alpha value is -2.54. The van der Waals surface area contributed by atoms with Crippen molar-refractivity contribution in [3.8, 4) is 5.69 Å². The van der Waals surface area contributed by atoms with Gasteiger partial charge in [0.05, 0.1) is 11.1 Å². The van der Waals surface area contributed by atoms with E-state index in [1.54, 1.807) is 15.9 Å². The molecule has 4 aromatic rings. The lowest BCUT2D eigenvalue weighted by Crippen LogP contribution is -2.32. The van der Waals surface area contributed by atoms with Crippen LogP contribution in [0.2, 0.25) is 0 Å². The van der Waals surface area contributed by atoms with Gasteiger partial charge in [-0.05, 0) is 48.3 Å². The van der Waals surface area contributed by atoms with Gasteiger partial charge in [0.1, 0.15) is 4.83 Å². The van der Waals surface area contributed by atoms with Crippen LogP contribution in [0.15, 0.2) is 65.5 Å². The highest BCUT2D eigenvalue weighted by molar-refractivity contribution is 7.71. The third kappa shape index (κ3) is 3.48. The van der Waals surface area contributed by atoms with Crippen LogP contribution in [0.4, 0.5) is 0 Å². The Morgan fingerprint density at radius 2 is 1.76 bits per heavy atom. The number of benzene rings is 2. The lowest BCUT2D eigenvalue weighted by atomic mass is 10.0. The number of hydrogen-bond acceptors (Lipinski definition) is 4. The molecule has 0 unspecified atom stereocenters. The minimum atomic E-state index is -0.00909. The van der Waals surface area contributed by atoms with E-state index in [1.807, 2.05) is 30.3 Å². The summed E-state index contributed by atoms with van der Waals surface area (Å²) in [4.78, 5) is 21.3. The second-order valence-electron chi connectivity index (χ2n) is 7.38. The second kappa shape index (κ2) is 7.71. The van der Waals surface area contributed by atoms with Gasteiger partial charge in [0, 0.05) is 24.5 Å². The Kier molecular flexibility index (Phi) is 4.91. The molecule has 0 radical (unpaired) electrons. The van der Waals surface area contributed by atoms with Gasteiger partial charge in [-0.15, -0.1) is 11.3 Å². The SMILES string of the molecule is O=c1c2c3c(sc2[nH]c(=S)n1-c1ccccc1)CN(CCc1ccccc1)CC3. The molecule has 146 valence electrons. The fourth-order valence-corrected chi connectivity index (χ4v) is 5.70. The van der Waals surface area contributed by atoms with Gasteiger partial charge in [0.2, 0.25) is 0 Å². The van der Waals surface area contributed by atoms with Gasteiger partial charge in [-0.3, -0.25) is 14.3 Å². The van der Waals surface area contributed by atoms with Crippen LogP contribution in [-0.2, 0) is 19.4 Å². The normalized spacial score (nSPS) is 14.2. The predicted molar refractivity (Wildman–Crippen MR) is 122 cm³/mol. The van der Waals surface area contributed by atoms with Crippen molar-refractivity contribution in [3.63, 3.8) is 0 Å². The van der Waals surface area contributed by atoms with Crippen molar-refractivity contribution in [1.82, 2.24) is 14.5 Å². The van der Waals surface area contributed by atoms with E-state index >= 15 is 0 Å². The molecule has 0 fully saturated rings. The predicted octanol–water partition coefficient (Wildman–Crippen LogP) is 4.71. The van der Waals surface area contributed by atoms with Crippen molar-refractivity contribution in [2.45, 2.75) is 19.4 Å². The van der Waals surface area contributed by atoms with Crippen molar-refractivity contribution in [1.29, 1.82) is 0 Å². The first-order valence-electron chi connectivity index (χ1n) is 9.82. The number of H-pyrrole nitrogens is 1. The quantitative estimate of drug-likeness (QED) is 0.487. The topological polar surface area (TPSA) is 41.0 Å². The molecule has 0 saturated carbocycles. The molecule has 0 amide bonds. The number of aromatic amines is 1. The first kappa shape index (κ1) is 18.5. The number of rotatable bonds is 4. The van der Waals surface area contributed by atoms with Crippen LogP contribution in [-0.4, -0.2) is 27.5 Å². The van der Waals surface area contributed by atoms with E-state index in [2.05, 4.69) is 40.2 Å². The molecule has 0 aliphatic carbocycles. The molecule has 1 N–H and O–H groups in total. The van der Waals surface area contributed by atoms with E-state index < -0.39 is 0 Å². The third-order valence-corrected chi connectivity index (χ3v) is 6.97. The van der Waals surface area contributed by atoms with Gasteiger partial charge in [0.15, 0.2) is 4.77 Å². The van der Waals surface area contributed by atoms with Gasteiger partial charge in [-0.1, -0.05) is 48.5 Å². The standard InChI is InChI=1S/C23H21N3OS2/c27-22-20-18-12-14-25(13-11-16-7-3-1-4-8-16)15-19(18)29-21(20)24-23(28)26(22)17-9-5-2-6-10-17/h1-10H,11-15H2,(H,24,28). The minimum absolute atomic E-state index is 0.00909. The number of hydrogen-bond donors (Lipinski definition) is 1. The molecule has 0 bridgehead atoms. The Bertz CT molecular complexity index is 1270. The zero-order valence-electron chi connectivity index (χ0n) is 15.9. The van der Waals surface area contributed by atoms with Crippen LogP contribution in [0, 0.1) is 4.77 Å². The van der Waals surface area contributed by atoms with Crippen LogP contribution < -0.4 is 5.56 Å². The van der Waals surface area contributed by atoms with Crippen LogP contribution in [0.5, 0.6) is 0 Å². The van der Waals surface area contributed by atoms with Gasteiger partial charge in [0.25, 0.3) is 5.56 Å². The highest BCUT2D eigenvalue weighted by Gasteiger charge is 2.24. The van der Waals surface area contributed by atoms with Crippen LogP contribution in [0.3, 0.4) is 0 Å². The van der Waals surface area contributed by atoms with Crippen molar-refractivity contribution in [2.75, 3.05) is 13.1 Å². The first-order chi connectivity index (χ1) is 14.2. The molecular weight excluding hydrogens is 398 g/mol. The van der Waals surface area contributed by atoms with E-state index in [0.29, 0.717) is 4.77 Å². The Balaban J connectivity index is 1.48. The maximum Gasteiger partial charge on any atom is 0.267 e. The summed E-state index contributed by atoms with van der Waals surface area (Å²) < 4.78 is 2.07. The zero-order valence-corrected chi connectivity index (χ0v) is 17.6. The number of nitrogens with zero attached hydrogens (tertiary/aromatic N) is 2. The lowest BCUT2D eigenvalue weighted by Gasteiger charge is -2.26. The summed E-state index contributed by atoms with van der Waals surface area (Å²) in [5.74, 6) is 0. The molecule has 0 atom stereocenters. The lowest BCUT2D eigenvalue weighted by molar-refractivity contribution is 0.261. The molecule has 2 aromatic heterocycles. The average Bonchev–Trinajstić information content (AvgIpc) is 3.11. The smallest absolute Gasteiger partial charge is 0.267 e. The van der Waals surface area contributed by atoms with E-state index in [0.717, 1.165) is 48.4 Å². The molecule has 0 saturated heterocycles. The van der Waals surface area contributed by atoms with Gasteiger partial charge >= 0.3 is 0 Å². The second-order valence-corrected chi connectivity index (χ2v) is 8.87. The minimum Gasteiger partial charge on any atom is -0.323 e. The van der Waals surface area contributed by atoms with Gasteiger partial charge < -0.3 is 4.98 Å². The summed E-state index contributed by atoms with van der Waals surface area (Å²) >= 11 is 7.19. The van der Waals surface area contributed by atoms with Gasteiger partial charge in [-0.2, -0.15) is 0 Å². The van der Waals surface area contributed by atoms with Crippen LogP contribution in [0.1, 0.15) is 16.0 Å². The van der Waals surface area contributed by atoms with Crippen LogP contribution >= 0.6 is 23.6 Å². The van der Waals surface area contributed by atoms with E-state index in [1.165, 1.54) is 16.0 Å². The molecule has 2 aromatic carbocycles. The highest BCUT2D eigenvalue weighted by Crippen LogP contribution is 2.32. The number of para-hydroxylation sites is 1. The molecule has 1 aliphatic heterocycles. The van der Waals surface area contributed by atoms with Crippen molar-refractivity contribution in [2.24, 2.45) is 0 Å². The largest absolute Gasteiger partial charge is 0.323 e. The molecular formula is C23H21N3OS2. The van der Waals surface area contributed by atoms with Crippen molar-refractivity contribution in [3.05, 3.63) is 91.8 Å². The summed E-state index contributed by atoms with van der Waals surface area (Å²) in [6.45, 7) is 2.90. The van der Waals surface area contributed by atoms with Crippen molar-refractivity contribution >= 4 is 33.8 Å². The average molecular weight is 420 g/mol. The summed E-state index contributed by atoms with van der Waals surface area (Å²) in [6.07, 6.45) is 1.95. The molecule has 1 aliphatic rings. The third-order valence-electron chi connectivity index (χ3n) is 5.55. The molecule has 0 spiro atoms. The molecule has 29 heavy (non-hydrogen) atoms. The monoisotopic (exact) mass is 419 g/mol. The number of aromatic nitrogens is 2. The van der Waals surface area contributed by atoms with Crippen LogP contribution in [0.25, 0.3) is 15.9 Å². The number of thiophene rings is 1. The van der Waals surface area contributed by atoms with E-state index in [-0.39, 0.29) is 5.56 Å². The molecule has 6 heteroatoms. The number of fused-ring (bicyclic) bond motifs is 3. The maximum absolute atomic E-state index is 13.3. The molecule has 5 rings (SSSR count). The van der Waals surface area contributed by atoms with E-state index in [4.69, 9.17) is 12.2 Å². The number of nitrogens with one attached hydrogen (secondary N) is 1. The fourth-order valence-electron chi connectivity index (χ4n) is 4.06. The Labute approximate surface area is 178 Å². The Morgan fingerprint density at radius 1 is 1.03 bits per heavy atom. The summed E-state index contributed by atoms with van der Waals surface area (Å²) in [6, 6.07) is 20.2. The fraction of sp³-hybridized carbons (Fsp3) is 0.217. The first-order valence-corrected chi connectivity index (χ1v) is 11.0. The summed E-state index contributed by atoms with van der Waals surface area (Å²) in [5, 5.41) is 0.810. The highest BCUT2D eigenvalue weighted by atomic mass is 32.1. The van der Waals surface area contributed by atoms with Crippen molar-refractivity contribution < 1.29 is 0 Å². The zero-order chi connectivity index (χ0) is 19.8. The molecule has 3 heterocycles.